The van der Waals surface area contributed by atoms with Crippen LogP contribution in [0.5, 0.6) is 0 Å². The number of hydrogen-bond donors (Lipinski definition) is 4. The number of fused-ring (bicyclic) bond motifs is 5. The molecule has 0 radical (unpaired) electrons. The Hall–Kier alpha value is -0.280. The largest absolute Gasteiger partial charge is 0.378 e. The Morgan fingerprint density at radius 3 is 2.16 bits per heavy atom. The van der Waals surface area contributed by atoms with Crippen LogP contribution in [-0.2, 0) is 14.2 Å². The summed E-state index contributed by atoms with van der Waals surface area (Å²) in [6.45, 7) is 16.9. The van der Waals surface area contributed by atoms with E-state index < -0.39 is 0 Å². The predicted molar refractivity (Wildman–Crippen MR) is 182 cm³/mol. The molecule has 0 aliphatic heterocycles. The summed E-state index contributed by atoms with van der Waals surface area (Å²) in [5.41, 5.74) is 18.2. The molecule has 0 aromatic rings. The highest BCUT2D eigenvalue weighted by molar-refractivity contribution is 5.15. The number of nitrogens with one attached hydrogen (secondary N) is 1. The maximum atomic E-state index is 7.00. The van der Waals surface area contributed by atoms with E-state index in [1.165, 1.54) is 64.2 Å². The van der Waals surface area contributed by atoms with Crippen LogP contribution in [0.2, 0.25) is 0 Å². The monoisotopic (exact) mass is 621 g/mol. The van der Waals surface area contributed by atoms with Crippen LogP contribution in [0.1, 0.15) is 118 Å². The molecule has 4 unspecified atom stereocenters. The van der Waals surface area contributed by atoms with E-state index in [9.17, 15) is 0 Å². The summed E-state index contributed by atoms with van der Waals surface area (Å²) in [6.07, 6.45) is 17.5. The van der Waals surface area contributed by atoms with Gasteiger partial charge in [-0.2, -0.15) is 0 Å². The van der Waals surface area contributed by atoms with Crippen LogP contribution in [0.15, 0.2) is 0 Å². The smallest absolute Gasteiger partial charge is 0.0637 e. The number of hydrogen-bond acceptors (Lipinski definition) is 7. The van der Waals surface area contributed by atoms with Crippen molar-refractivity contribution in [2.24, 2.45) is 63.5 Å². The van der Waals surface area contributed by atoms with Crippen LogP contribution in [-0.4, -0.2) is 70.9 Å². The summed E-state index contributed by atoms with van der Waals surface area (Å²) in [5, 5.41) is 3.68. The first-order valence-electron chi connectivity index (χ1n) is 19.0. The van der Waals surface area contributed by atoms with Crippen LogP contribution in [0.25, 0.3) is 0 Å². The van der Waals surface area contributed by atoms with Gasteiger partial charge >= 0.3 is 0 Å². The Morgan fingerprint density at radius 2 is 1.45 bits per heavy atom. The third-order valence-electron chi connectivity index (χ3n) is 13.2. The van der Waals surface area contributed by atoms with E-state index in [1.54, 1.807) is 0 Å². The summed E-state index contributed by atoms with van der Waals surface area (Å²) in [5.74, 6) is 3.93. The third-order valence-corrected chi connectivity index (χ3v) is 13.2. The fourth-order valence-corrected chi connectivity index (χ4v) is 10.8. The zero-order valence-electron chi connectivity index (χ0n) is 29.2. The van der Waals surface area contributed by atoms with Gasteiger partial charge in [0.2, 0.25) is 0 Å². The van der Waals surface area contributed by atoms with E-state index in [0.29, 0.717) is 78.9 Å². The van der Waals surface area contributed by atoms with Crippen LogP contribution in [0.4, 0.5) is 0 Å². The molecule has 7 N–H and O–H groups in total. The second-order valence-electron chi connectivity index (χ2n) is 15.7. The molecule has 0 aromatic carbocycles. The van der Waals surface area contributed by atoms with Crippen molar-refractivity contribution in [3.05, 3.63) is 0 Å². The Morgan fingerprint density at radius 1 is 0.773 bits per heavy atom. The minimum Gasteiger partial charge on any atom is -0.378 e. The average molecular weight is 621 g/mol. The van der Waals surface area contributed by atoms with Crippen molar-refractivity contribution in [2.45, 2.75) is 136 Å². The molecule has 4 aliphatic carbocycles. The standard InChI is InChI=1S/C37H72N4O3/c1-5-6-19-41-20-7-11-27(2)30-12-13-31-35-32(26-34(37(30,31)4)44-23-10-18-40)36(3)15-14-29(42-21-8-16-38)24-28(36)25-33(35)43-22-9-17-39/h27-35,41H,5-26,38-40H2,1-4H3/t27-,28?,29-,30-,31+,32+,33-,34+,35?,36?,37?/m1/s1. The second-order valence-corrected chi connectivity index (χ2v) is 15.7. The van der Waals surface area contributed by atoms with Gasteiger partial charge in [0.15, 0.2) is 0 Å². The van der Waals surface area contributed by atoms with Gasteiger partial charge in [0.25, 0.3) is 0 Å². The van der Waals surface area contributed by atoms with Gasteiger partial charge in [-0.1, -0.05) is 34.1 Å². The number of nitrogens with two attached hydrogens (primary N) is 3. The van der Waals surface area contributed by atoms with E-state index in [-0.39, 0.29) is 5.41 Å². The van der Waals surface area contributed by atoms with Crippen molar-refractivity contribution >= 4 is 0 Å². The molecule has 0 spiro atoms. The highest BCUT2D eigenvalue weighted by Gasteiger charge is 2.66. The lowest BCUT2D eigenvalue weighted by atomic mass is 9.43. The SMILES string of the molecule is CCCCNCCC[C@@H](C)[C@H]1CC[C@H]2C3[C@H](OCCCN)CC4C[C@H](OCCCN)CCC4(C)[C@H]3C[C@H](OCCCN)C12C. The molecule has 0 bridgehead atoms. The molecular weight excluding hydrogens is 548 g/mol. The Kier molecular flexibility index (Phi) is 14.7. The van der Waals surface area contributed by atoms with Gasteiger partial charge in [-0.15, -0.1) is 0 Å². The fraction of sp³-hybridized carbons (Fsp3) is 1.00. The van der Waals surface area contributed by atoms with Crippen molar-refractivity contribution in [3.8, 4) is 0 Å². The number of ether oxygens (including phenoxy) is 3. The predicted octanol–water partition coefficient (Wildman–Crippen LogP) is 5.87. The molecule has 4 saturated carbocycles. The molecule has 0 heterocycles. The van der Waals surface area contributed by atoms with Crippen LogP contribution in [0.3, 0.4) is 0 Å². The van der Waals surface area contributed by atoms with Gasteiger partial charge in [-0.25, -0.2) is 0 Å². The third kappa shape index (κ3) is 8.22. The summed E-state index contributed by atoms with van der Waals surface area (Å²) in [4.78, 5) is 0. The van der Waals surface area contributed by atoms with E-state index in [2.05, 4.69) is 33.0 Å². The molecule has 4 aliphatic rings. The average Bonchev–Trinajstić information content (AvgIpc) is 3.38. The van der Waals surface area contributed by atoms with Gasteiger partial charge in [0.1, 0.15) is 0 Å². The maximum absolute atomic E-state index is 7.00. The van der Waals surface area contributed by atoms with Gasteiger partial charge < -0.3 is 36.7 Å². The lowest BCUT2D eigenvalue weighted by molar-refractivity contribution is -0.227. The molecule has 7 nitrogen and oxygen atoms in total. The van der Waals surface area contributed by atoms with Gasteiger partial charge in [-0.05, 0) is 157 Å². The zero-order chi connectivity index (χ0) is 31.6. The van der Waals surface area contributed by atoms with Crippen molar-refractivity contribution in [3.63, 3.8) is 0 Å². The molecule has 258 valence electrons. The fourth-order valence-electron chi connectivity index (χ4n) is 10.8. The van der Waals surface area contributed by atoms with E-state index in [1.807, 2.05) is 0 Å². The van der Waals surface area contributed by atoms with E-state index in [4.69, 9.17) is 31.4 Å². The van der Waals surface area contributed by atoms with Crippen LogP contribution >= 0.6 is 0 Å². The number of rotatable bonds is 20. The minimum atomic E-state index is 0.187. The normalized spacial score (nSPS) is 39.1. The first-order valence-corrected chi connectivity index (χ1v) is 19.0. The zero-order valence-corrected chi connectivity index (χ0v) is 29.2. The molecule has 0 saturated heterocycles. The maximum Gasteiger partial charge on any atom is 0.0637 e. The summed E-state index contributed by atoms with van der Waals surface area (Å²) in [6, 6.07) is 0. The molecule has 0 amide bonds. The van der Waals surface area contributed by atoms with Crippen LogP contribution in [0, 0.1) is 46.3 Å². The molecule has 4 fully saturated rings. The molecule has 0 aromatic heterocycles. The van der Waals surface area contributed by atoms with Gasteiger partial charge in [0, 0.05) is 25.2 Å². The lowest BCUT2D eigenvalue weighted by Crippen LogP contribution is -2.63. The van der Waals surface area contributed by atoms with Gasteiger partial charge in [-0.3, -0.25) is 0 Å². The quantitative estimate of drug-likeness (QED) is 0.126. The summed E-state index contributed by atoms with van der Waals surface area (Å²) in [7, 11) is 0. The Balaban J connectivity index is 1.57. The molecule has 44 heavy (non-hydrogen) atoms. The first kappa shape index (κ1) is 36.6. The van der Waals surface area contributed by atoms with Crippen molar-refractivity contribution in [1.29, 1.82) is 0 Å². The second kappa shape index (κ2) is 17.8. The molecule has 7 heteroatoms. The first-order chi connectivity index (χ1) is 21.3. The van der Waals surface area contributed by atoms with Crippen molar-refractivity contribution in [2.75, 3.05) is 52.5 Å². The molecule has 4 rings (SSSR count). The summed E-state index contributed by atoms with van der Waals surface area (Å²) < 4.78 is 20.3. The van der Waals surface area contributed by atoms with Gasteiger partial charge in [0.05, 0.1) is 18.3 Å². The lowest BCUT2D eigenvalue weighted by Gasteiger charge is -2.65. The van der Waals surface area contributed by atoms with E-state index >= 15 is 0 Å². The van der Waals surface area contributed by atoms with Crippen LogP contribution < -0.4 is 22.5 Å². The Labute approximate surface area is 271 Å². The minimum absolute atomic E-state index is 0.187. The van der Waals surface area contributed by atoms with E-state index in [0.717, 1.165) is 58.6 Å². The Bertz CT molecular complexity index is 818. The highest BCUT2D eigenvalue weighted by Crippen LogP contribution is 2.69. The molecule has 11 atom stereocenters. The number of unbranched alkanes of at least 4 members (excludes halogenated alkanes) is 1. The summed E-state index contributed by atoms with van der Waals surface area (Å²) >= 11 is 0. The highest BCUT2D eigenvalue weighted by atomic mass is 16.5. The molecular formula is C37H72N4O3. The topological polar surface area (TPSA) is 118 Å². The van der Waals surface area contributed by atoms with Crippen molar-refractivity contribution < 1.29 is 14.2 Å². The van der Waals surface area contributed by atoms with Crippen molar-refractivity contribution in [1.82, 2.24) is 5.32 Å².